The number of hydrogen-bond donors (Lipinski definition) is 2. The van der Waals surface area contributed by atoms with Crippen LogP contribution in [0.2, 0.25) is 0 Å². The van der Waals surface area contributed by atoms with Crippen molar-refractivity contribution in [2.45, 2.75) is 18.9 Å². The third-order valence-electron chi connectivity index (χ3n) is 5.26. The number of hydrogen-bond acceptors (Lipinski definition) is 7. The van der Waals surface area contributed by atoms with Crippen LogP contribution in [0.1, 0.15) is 34.1 Å². The molecule has 2 aromatic carbocycles. The number of ketones is 1. The molecule has 0 bridgehead atoms. The van der Waals surface area contributed by atoms with Gasteiger partial charge in [0.15, 0.2) is 5.78 Å². The lowest BCUT2D eigenvalue weighted by atomic mass is 9.91. The van der Waals surface area contributed by atoms with Crippen molar-refractivity contribution in [3.8, 4) is 17.2 Å². The summed E-state index contributed by atoms with van der Waals surface area (Å²) in [7, 11) is 0. The Morgan fingerprint density at radius 1 is 1.23 bits per heavy atom. The van der Waals surface area contributed by atoms with E-state index in [4.69, 9.17) is 14.2 Å². The van der Waals surface area contributed by atoms with E-state index in [-0.39, 0.29) is 41.4 Å². The summed E-state index contributed by atoms with van der Waals surface area (Å²) >= 11 is 0. The number of benzene rings is 2. The Hall–Kier alpha value is -3.26. The minimum absolute atomic E-state index is 0.000298. The number of phenolic OH excluding ortho intramolecular Hbond substituents is 1. The van der Waals surface area contributed by atoms with Crippen LogP contribution >= 0.6 is 0 Å². The Labute approximate surface area is 173 Å². The number of para-hydroxylation sites is 1. The van der Waals surface area contributed by atoms with Crippen LogP contribution in [0.5, 0.6) is 17.2 Å². The first kappa shape index (κ1) is 20.0. The van der Waals surface area contributed by atoms with Gasteiger partial charge in [0.2, 0.25) is 0 Å². The number of carbonyl (C=O) groups excluding carboxylic acids is 1. The van der Waals surface area contributed by atoms with Gasteiger partial charge in [0.1, 0.15) is 40.6 Å². The number of aromatic carboxylic acids is 1. The molecule has 2 aliphatic heterocycles. The topological polar surface area (TPSA) is 106 Å². The van der Waals surface area contributed by atoms with Gasteiger partial charge in [0, 0.05) is 30.9 Å². The van der Waals surface area contributed by atoms with Gasteiger partial charge in [0.25, 0.3) is 0 Å². The summed E-state index contributed by atoms with van der Waals surface area (Å²) in [6.07, 6.45) is -0.000298. The van der Waals surface area contributed by atoms with E-state index >= 15 is 0 Å². The molecule has 4 rings (SSSR count). The minimum atomic E-state index is -1.10. The van der Waals surface area contributed by atoms with E-state index in [1.54, 1.807) is 37.3 Å². The highest BCUT2D eigenvalue weighted by Gasteiger charge is 2.39. The van der Waals surface area contributed by atoms with E-state index in [1.165, 1.54) is 6.07 Å². The fourth-order valence-corrected chi connectivity index (χ4v) is 3.76. The second-order valence-corrected chi connectivity index (χ2v) is 7.68. The second-order valence-electron chi connectivity index (χ2n) is 7.68. The first-order valence-corrected chi connectivity index (χ1v) is 9.73. The van der Waals surface area contributed by atoms with Crippen molar-refractivity contribution in [3.05, 3.63) is 47.5 Å². The van der Waals surface area contributed by atoms with Gasteiger partial charge in [-0.2, -0.15) is 0 Å². The van der Waals surface area contributed by atoms with E-state index < -0.39 is 11.6 Å². The van der Waals surface area contributed by atoms with Crippen molar-refractivity contribution < 1.29 is 34.0 Å². The van der Waals surface area contributed by atoms with Crippen LogP contribution in [0.3, 0.4) is 0 Å². The Morgan fingerprint density at radius 3 is 2.70 bits per heavy atom. The third-order valence-corrected chi connectivity index (χ3v) is 5.26. The molecule has 1 atom stereocenters. The lowest BCUT2D eigenvalue weighted by molar-refractivity contribution is 0.0179. The van der Waals surface area contributed by atoms with Crippen LogP contribution in [0, 0.1) is 0 Å². The molecule has 0 spiro atoms. The maximum atomic E-state index is 12.8. The molecular weight excluding hydrogens is 390 g/mol. The number of carbonyl (C=O) groups is 2. The summed E-state index contributed by atoms with van der Waals surface area (Å²) in [5.41, 5.74) is -0.0544. The summed E-state index contributed by atoms with van der Waals surface area (Å²) in [6, 6.07) is 9.64. The Kier molecular flexibility index (Phi) is 5.26. The normalized spacial score (nSPS) is 21.0. The third kappa shape index (κ3) is 3.91. The van der Waals surface area contributed by atoms with Gasteiger partial charge in [-0.1, -0.05) is 12.1 Å². The number of rotatable bonds is 5. The van der Waals surface area contributed by atoms with Gasteiger partial charge >= 0.3 is 5.97 Å². The maximum Gasteiger partial charge on any atom is 0.339 e. The molecule has 8 heteroatoms. The molecule has 2 aliphatic rings. The average molecular weight is 413 g/mol. The quantitative estimate of drug-likeness (QED) is 0.771. The molecule has 2 heterocycles. The molecule has 8 nitrogen and oxygen atoms in total. The first-order valence-electron chi connectivity index (χ1n) is 9.73. The van der Waals surface area contributed by atoms with Crippen molar-refractivity contribution in [1.29, 1.82) is 0 Å². The zero-order valence-corrected chi connectivity index (χ0v) is 16.6. The van der Waals surface area contributed by atoms with Gasteiger partial charge in [-0.05, 0) is 19.1 Å². The number of aromatic hydroxyl groups is 1. The Bertz CT molecular complexity index is 983. The highest BCUT2D eigenvalue weighted by atomic mass is 16.5. The molecule has 2 aromatic rings. The van der Waals surface area contributed by atoms with Crippen LogP contribution in [0.15, 0.2) is 36.4 Å². The predicted molar refractivity (Wildman–Crippen MR) is 108 cm³/mol. The maximum absolute atomic E-state index is 12.8. The largest absolute Gasteiger partial charge is 0.507 e. The van der Waals surface area contributed by atoms with E-state index in [0.717, 1.165) is 5.69 Å². The molecule has 30 heavy (non-hydrogen) atoms. The molecule has 0 radical (unpaired) electrons. The summed E-state index contributed by atoms with van der Waals surface area (Å²) in [5, 5.41) is 19.8. The molecule has 1 fully saturated rings. The van der Waals surface area contributed by atoms with Crippen molar-refractivity contribution >= 4 is 17.4 Å². The van der Waals surface area contributed by atoms with E-state index in [2.05, 4.69) is 4.90 Å². The Balaban J connectivity index is 1.58. The van der Waals surface area contributed by atoms with Gasteiger partial charge in [-0.15, -0.1) is 0 Å². The smallest absolute Gasteiger partial charge is 0.339 e. The lowest BCUT2D eigenvalue weighted by Crippen LogP contribution is -2.44. The minimum Gasteiger partial charge on any atom is -0.507 e. The predicted octanol–water partition coefficient (Wildman–Crippen LogP) is 2.73. The molecular formula is C22H23NO7. The van der Waals surface area contributed by atoms with Crippen molar-refractivity contribution in [3.63, 3.8) is 0 Å². The van der Waals surface area contributed by atoms with E-state index in [9.17, 15) is 19.8 Å². The molecule has 0 aliphatic carbocycles. The van der Waals surface area contributed by atoms with Crippen molar-refractivity contribution in [2.75, 3.05) is 37.8 Å². The first-order chi connectivity index (χ1) is 14.4. The van der Waals surface area contributed by atoms with Gasteiger partial charge < -0.3 is 29.3 Å². The van der Waals surface area contributed by atoms with E-state index in [1.807, 2.05) is 0 Å². The van der Waals surface area contributed by atoms with Gasteiger partial charge in [0.05, 0.1) is 19.6 Å². The van der Waals surface area contributed by atoms with Crippen molar-refractivity contribution in [1.82, 2.24) is 0 Å². The summed E-state index contributed by atoms with van der Waals surface area (Å²) in [4.78, 5) is 26.2. The number of Topliss-reactive ketones (excluding diaryl/α,β-unsaturated/α-hetero) is 1. The summed E-state index contributed by atoms with van der Waals surface area (Å²) in [5.74, 6) is -0.955. The van der Waals surface area contributed by atoms with Gasteiger partial charge in [-0.25, -0.2) is 4.79 Å². The molecule has 158 valence electrons. The number of carboxylic acid groups (broad SMARTS) is 1. The number of nitrogens with zero attached hydrogens (tertiary/aromatic N) is 1. The standard InChI is InChI=1S/C22H23NO7/c1-22(13-29-18-5-3-2-4-15(18)21(26)27)12-17(25)20-16(24)10-14(11-19(20)30-22)23-6-8-28-9-7-23/h2-5,10-11,24H,6-9,12-13H2,1H3,(H,26,27). The lowest BCUT2D eigenvalue weighted by Gasteiger charge is -2.36. The molecule has 0 amide bonds. The number of ether oxygens (including phenoxy) is 3. The fourth-order valence-electron chi connectivity index (χ4n) is 3.76. The van der Waals surface area contributed by atoms with Crippen molar-refractivity contribution in [2.24, 2.45) is 0 Å². The highest BCUT2D eigenvalue weighted by molar-refractivity contribution is 6.03. The molecule has 1 unspecified atom stereocenters. The zero-order valence-electron chi connectivity index (χ0n) is 16.6. The fraction of sp³-hybridized carbons (Fsp3) is 0.364. The molecule has 1 saturated heterocycles. The zero-order chi connectivity index (χ0) is 21.3. The summed E-state index contributed by atoms with van der Waals surface area (Å²) in [6.45, 7) is 4.25. The SMILES string of the molecule is CC1(COc2ccccc2C(=O)O)CC(=O)c2c(O)cc(N3CCOCC3)cc2O1. The van der Waals surface area contributed by atoms with Crippen LogP contribution in [-0.2, 0) is 4.74 Å². The second kappa shape index (κ2) is 7.87. The van der Waals surface area contributed by atoms with Crippen LogP contribution in [0.25, 0.3) is 0 Å². The van der Waals surface area contributed by atoms with Gasteiger partial charge in [-0.3, -0.25) is 4.79 Å². The molecule has 0 saturated carbocycles. The highest BCUT2D eigenvalue weighted by Crippen LogP contribution is 2.41. The molecule has 0 aromatic heterocycles. The van der Waals surface area contributed by atoms with E-state index in [0.29, 0.717) is 32.1 Å². The number of anilines is 1. The number of carboxylic acids is 1. The monoisotopic (exact) mass is 413 g/mol. The number of phenols is 1. The average Bonchev–Trinajstić information content (AvgIpc) is 2.72. The molecule has 2 N–H and O–H groups in total. The summed E-state index contributed by atoms with van der Waals surface area (Å²) < 4.78 is 17.2. The van der Waals surface area contributed by atoms with Crippen LogP contribution in [0.4, 0.5) is 5.69 Å². The Morgan fingerprint density at radius 2 is 1.97 bits per heavy atom. The number of fused-ring (bicyclic) bond motifs is 1. The van der Waals surface area contributed by atoms with Crippen LogP contribution in [-0.4, -0.2) is 60.5 Å². The number of morpholine rings is 1. The van der Waals surface area contributed by atoms with Crippen LogP contribution < -0.4 is 14.4 Å².